The molecule has 1 aromatic heterocycles. The van der Waals surface area contributed by atoms with E-state index in [9.17, 15) is 17.6 Å². The maximum Gasteiger partial charge on any atom is 0.243 e. The topological polar surface area (TPSA) is 79.6 Å². The van der Waals surface area contributed by atoms with Crippen LogP contribution in [0.4, 0.5) is 10.1 Å². The smallest absolute Gasteiger partial charge is 0.243 e. The number of nitrogens with zero attached hydrogens (tertiary/aromatic N) is 1. The Bertz CT molecular complexity index is 812. The summed E-state index contributed by atoms with van der Waals surface area (Å²) in [6, 6.07) is 5.28. The molecule has 0 bridgehead atoms. The van der Waals surface area contributed by atoms with E-state index < -0.39 is 20.7 Å². The van der Waals surface area contributed by atoms with Crippen LogP contribution in [0.2, 0.25) is 0 Å². The van der Waals surface area contributed by atoms with Crippen molar-refractivity contribution < 1.29 is 22.0 Å². The van der Waals surface area contributed by atoms with E-state index in [1.165, 1.54) is 25.2 Å². The Balaban J connectivity index is 2.74. The van der Waals surface area contributed by atoms with Crippen LogP contribution in [0.1, 0.15) is 10.6 Å². The first-order valence-corrected chi connectivity index (χ1v) is 7.78. The highest BCUT2D eigenvalue weighted by atomic mass is 32.2. The average molecular weight is 326 g/mol. The van der Waals surface area contributed by atoms with Crippen molar-refractivity contribution in [2.45, 2.75) is 4.90 Å². The largest absolute Gasteiger partial charge is 0.453 e. The zero-order valence-corrected chi connectivity index (χ0v) is 13.1. The third-order valence-electron chi connectivity index (χ3n) is 3.10. The Morgan fingerprint density at radius 3 is 2.45 bits per heavy atom. The zero-order chi connectivity index (χ0) is 16.5. The molecule has 0 aliphatic rings. The van der Waals surface area contributed by atoms with Crippen molar-refractivity contribution in [2.24, 2.45) is 0 Å². The Hall–Kier alpha value is -2.19. The molecule has 0 atom stereocenters. The van der Waals surface area contributed by atoms with Gasteiger partial charge in [0.15, 0.2) is 12.0 Å². The van der Waals surface area contributed by atoms with Crippen LogP contribution in [0.5, 0.6) is 0 Å². The van der Waals surface area contributed by atoms with E-state index in [0.717, 1.165) is 6.07 Å². The van der Waals surface area contributed by atoms with Crippen molar-refractivity contribution in [3.05, 3.63) is 35.8 Å². The molecule has 0 amide bonds. The van der Waals surface area contributed by atoms with E-state index in [-0.39, 0.29) is 11.5 Å². The SMILES string of the molecule is CNS(=O)(=O)c1cc(-c2ccc(C=O)o2)c(N(C)C)cc1F. The van der Waals surface area contributed by atoms with E-state index in [2.05, 4.69) is 4.72 Å². The molecule has 1 heterocycles. The van der Waals surface area contributed by atoms with Gasteiger partial charge in [-0.15, -0.1) is 0 Å². The molecule has 0 saturated carbocycles. The van der Waals surface area contributed by atoms with Crippen molar-refractivity contribution in [1.29, 1.82) is 0 Å². The van der Waals surface area contributed by atoms with Gasteiger partial charge in [0.1, 0.15) is 16.5 Å². The predicted molar refractivity (Wildman–Crippen MR) is 80.1 cm³/mol. The fourth-order valence-electron chi connectivity index (χ4n) is 1.99. The lowest BCUT2D eigenvalue weighted by Gasteiger charge is -2.18. The predicted octanol–water partition coefficient (Wildman–Crippen LogP) is 1.87. The number of furan rings is 1. The van der Waals surface area contributed by atoms with E-state index in [0.29, 0.717) is 17.5 Å². The quantitative estimate of drug-likeness (QED) is 0.849. The Morgan fingerprint density at radius 2 is 1.95 bits per heavy atom. The molecular weight excluding hydrogens is 311 g/mol. The van der Waals surface area contributed by atoms with Crippen molar-refractivity contribution in [2.75, 3.05) is 26.0 Å². The van der Waals surface area contributed by atoms with E-state index >= 15 is 0 Å². The van der Waals surface area contributed by atoms with Crippen LogP contribution in [0.25, 0.3) is 11.3 Å². The second kappa shape index (κ2) is 5.90. The average Bonchev–Trinajstić information content (AvgIpc) is 2.95. The third kappa shape index (κ3) is 2.88. The highest BCUT2D eigenvalue weighted by molar-refractivity contribution is 7.89. The van der Waals surface area contributed by atoms with Gasteiger partial charge in [-0.25, -0.2) is 17.5 Å². The molecule has 0 radical (unpaired) electrons. The number of carbonyl (C=O) groups excluding carboxylic acids is 1. The molecule has 1 N–H and O–H groups in total. The molecular formula is C14H15FN2O4S. The van der Waals surface area contributed by atoms with E-state index in [1.54, 1.807) is 19.0 Å². The molecule has 0 aliphatic heterocycles. The maximum atomic E-state index is 14.1. The van der Waals surface area contributed by atoms with Crippen LogP contribution >= 0.6 is 0 Å². The van der Waals surface area contributed by atoms with Gasteiger partial charge in [0.2, 0.25) is 10.0 Å². The molecule has 8 heteroatoms. The van der Waals surface area contributed by atoms with Crippen LogP contribution < -0.4 is 9.62 Å². The monoisotopic (exact) mass is 326 g/mol. The van der Waals surface area contributed by atoms with Crippen LogP contribution in [0.3, 0.4) is 0 Å². The summed E-state index contributed by atoms with van der Waals surface area (Å²) in [5.41, 5.74) is 0.799. The second-order valence-electron chi connectivity index (χ2n) is 4.72. The first-order valence-electron chi connectivity index (χ1n) is 6.30. The lowest BCUT2D eigenvalue weighted by atomic mass is 10.1. The standard InChI is InChI=1S/C14H15FN2O4S/c1-16-22(19,20)14-6-10(12(17(2)3)7-11(14)15)13-5-4-9(8-18)21-13/h4-8,16H,1-3H3. The van der Waals surface area contributed by atoms with E-state index in [1.807, 2.05) is 0 Å². The number of hydrogen-bond acceptors (Lipinski definition) is 5. The maximum absolute atomic E-state index is 14.1. The molecule has 0 fully saturated rings. The van der Waals surface area contributed by atoms with Gasteiger partial charge in [-0.05, 0) is 31.3 Å². The van der Waals surface area contributed by atoms with Crippen LogP contribution in [0.15, 0.2) is 33.6 Å². The van der Waals surface area contributed by atoms with Crippen LogP contribution in [0, 0.1) is 5.82 Å². The molecule has 6 nitrogen and oxygen atoms in total. The first kappa shape index (κ1) is 16.2. The number of anilines is 1. The minimum absolute atomic E-state index is 0.0991. The van der Waals surface area contributed by atoms with Crippen molar-refractivity contribution in [1.82, 2.24) is 4.72 Å². The van der Waals surface area contributed by atoms with Gasteiger partial charge in [-0.2, -0.15) is 0 Å². The van der Waals surface area contributed by atoms with Gasteiger partial charge in [-0.3, -0.25) is 4.79 Å². The van der Waals surface area contributed by atoms with Gasteiger partial charge in [0, 0.05) is 19.7 Å². The number of nitrogens with one attached hydrogen (secondary N) is 1. The highest BCUT2D eigenvalue weighted by Gasteiger charge is 2.22. The normalized spacial score (nSPS) is 11.5. The van der Waals surface area contributed by atoms with Crippen molar-refractivity contribution in [3.63, 3.8) is 0 Å². The summed E-state index contributed by atoms with van der Waals surface area (Å²) in [7, 11) is 0.622. The summed E-state index contributed by atoms with van der Waals surface area (Å²) in [6.45, 7) is 0. The van der Waals surface area contributed by atoms with Crippen molar-refractivity contribution >= 4 is 22.0 Å². The number of benzene rings is 1. The zero-order valence-electron chi connectivity index (χ0n) is 12.3. The first-order chi connectivity index (χ1) is 10.3. The Morgan fingerprint density at radius 1 is 1.27 bits per heavy atom. The molecule has 0 unspecified atom stereocenters. The molecule has 1 aromatic carbocycles. The van der Waals surface area contributed by atoms with Gasteiger partial charge < -0.3 is 9.32 Å². The number of aldehydes is 1. The fourth-order valence-corrected chi connectivity index (χ4v) is 2.80. The molecule has 0 saturated heterocycles. The molecule has 2 aromatic rings. The molecule has 2 rings (SSSR count). The van der Waals surface area contributed by atoms with Gasteiger partial charge in [0.25, 0.3) is 0 Å². The number of sulfonamides is 1. The number of rotatable bonds is 5. The third-order valence-corrected chi connectivity index (χ3v) is 4.53. The minimum atomic E-state index is -3.96. The summed E-state index contributed by atoms with van der Waals surface area (Å²) in [6.07, 6.45) is 0.535. The number of hydrogen-bond donors (Lipinski definition) is 1. The molecule has 0 aliphatic carbocycles. The number of halogens is 1. The minimum Gasteiger partial charge on any atom is -0.453 e. The second-order valence-corrected chi connectivity index (χ2v) is 6.58. The van der Waals surface area contributed by atoms with E-state index in [4.69, 9.17) is 4.42 Å². The van der Waals surface area contributed by atoms with Gasteiger partial charge in [0.05, 0.1) is 5.69 Å². The van der Waals surface area contributed by atoms with Crippen LogP contribution in [-0.2, 0) is 10.0 Å². The Labute approximate surface area is 127 Å². The number of carbonyl (C=O) groups is 1. The van der Waals surface area contributed by atoms with Gasteiger partial charge >= 0.3 is 0 Å². The summed E-state index contributed by atoms with van der Waals surface area (Å²) in [4.78, 5) is 11.9. The molecule has 0 spiro atoms. The molecule has 118 valence electrons. The summed E-state index contributed by atoms with van der Waals surface area (Å²) in [5.74, 6) is -0.496. The van der Waals surface area contributed by atoms with Gasteiger partial charge in [-0.1, -0.05) is 0 Å². The lowest BCUT2D eigenvalue weighted by molar-refractivity contribution is 0.110. The summed E-state index contributed by atoms with van der Waals surface area (Å²) >= 11 is 0. The highest BCUT2D eigenvalue weighted by Crippen LogP contribution is 2.34. The van der Waals surface area contributed by atoms with Crippen LogP contribution in [-0.4, -0.2) is 35.8 Å². The summed E-state index contributed by atoms with van der Waals surface area (Å²) < 4.78 is 45.3. The fraction of sp³-hybridized carbons (Fsp3) is 0.214. The van der Waals surface area contributed by atoms with Crippen molar-refractivity contribution in [3.8, 4) is 11.3 Å². The summed E-state index contributed by atoms with van der Waals surface area (Å²) in [5, 5.41) is 0. The molecule has 22 heavy (non-hydrogen) atoms. The lowest BCUT2D eigenvalue weighted by Crippen LogP contribution is -2.20. The Kier molecular flexibility index (Phi) is 4.34.